The van der Waals surface area contributed by atoms with E-state index in [4.69, 9.17) is 0 Å². The second-order valence-electron chi connectivity index (χ2n) is 4.10. The van der Waals surface area contributed by atoms with Gasteiger partial charge in [0.05, 0.1) is 15.7 Å². The van der Waals surface area contributed by atoms with Crippen molar-refractivity contribution in [2.45, 2.75) is 6.54 Å². The van der Waals surface area contributed by atoms with Gasteiger partial charge in [-0.25, -0.2) is 4.98 Å². The summed E-state index contributed by atoms with van der Waals surface area (Å²) in [7, 11) is 3.60. The average Bonchev–Trinajstić information content (AvgIpc) is 2.83. The first-order chi connectivity index (χ1) is 9.10. The highest BCUT2D eigenvalue weighted by Gasteiger charge is 2.13. The maximum atomic E-state index is 12.2. The molecule has 19 heavy (non-hydrogen) atoms. The van der Waals surface area contributed by atoms with Crippen molar-refractivity contribution in [3.8, 4) is 0 Å². The van der Waals surface area contributed by atoms with Crippen molar-refractivity contribution in [2.75, 3.05) is 19.4 Å². The molecule has 0 atom stereocenters. The predicted octanol–water partition coefficient (Wildman–Crippen LogP) is 3.22. The average molecular weight is 340 g/mol. The van der Waals surface area contributed by atoms with Crippen molar-refractivity contribution < 1.29 is 4.79 Å². The molecule has 0 aliphatic heterocycles. The topological polar surface area (TPSA) is 45.2 Å². The molecule has 2 rings (SSSR count). The summed E-state index contributed by atoms with van der Waals surface area (Å²) < 4.78 is 1.07. The summed E-state index contributed by atoms with van der Waals surface area (Å²) in [6.45, 7) is 0.580. The molecule has 2 heterocycles. The van der Waals surface area contributed by atoms with Crippen LogP contribution < -0.4 is 5.32 Å². The molecule has 0 aliphatic carbocycles. The van der Waals surface area contributed by atoms with Crippen LogP contribution in [0.1, 0.15) is 16.1 Å². The molecule has 1 N–H and O–H groups in total. The fraction of sp³-hybridized carbons (Fsp3) is 0.231. The Labute approximate surface area is 124 Å². The van der Waals surface area contributed by atoms with Gasteiger partial charge in [-0.15, -0.1) is 11.3 Å². The number of nitrogens with one attached hydrogen (secondary N) is 1. The molecular formula is C13H14BrN3OS. The van der Waals surface area contributed by atoms with Crippen LogP contribution in [0.3, 0.4) is 0 Å². The molecule has 0 fully saturated rings. The van der Waals surface area contributed by atoms with Crippen LogP contribution in [-0.4, -0.2) is 29.9 Å². The van der Waals surface area contributed by atoms with E-state index < -0.39 is 0 Å². The van der Waals surface area contributed by atoms with Gasteiger partial charge in [-0.2, -0.15) is 0 Å². The van der Waals surface area contributed by atoms with E-state index in [-0.39, 0.29) is 5.91 Å². The Hall–Kier alpha value is -1.40. The van der Waals surface area contributed by atoms with Gasteiger partial charge in [-0.1, -0.05) is 0 Å². The van der Waals surface area contributed by atoms with E-state index in [2.05, 4.69) is 26.2 Å². The monoisotopic (exact) mass is 339 g/mol. The maximum Gasteiger partial charge on any atom is 0.272 e. The van der Waals surface area contributed by atoms with Crippen LogP contribution in [0.5, 0.6) is 0 Å². The summed E-state index contributed by atoms with van der Waals surface area (Å²) in [5, 5.41) is 5.01. The van der Waals surface area contributed by atoms with Gasteiger partial charge in [-0.3, -0.25) is 4.79 Å². The smallest absolute Gasteiger partial charge is 0.272 e. The third kappa shape index (κ3) is 3.54. The molecule has 2 aromatic rings. The number of thiophene rings is 1. The zero-order valence-electron chi connectivity index (χ0n) is 10.7. The van der Waals surface area contributed by atoms with Gasteiger partial charge in [0, 0.05) is 20.6 Å². The van der Waals surface area contributed by atoms with E-state index in [0.29, 0.717) is 12.2 Å². The third-order valence-corrected chi connectivity index (χ3v) is 4.21. The molecule has 0 saturated carbocycles. The number of carbonyl (C=O) groups excluding carboxylic acids is 1. The maximum absolute atomic E-state index is 12.2. The minimum atomic E-state index is -0.0787. The highest BCUT2D eigenvalue weighted by Crippen LogP contribution is 2.21. The number of amides is 1. The Morgan fingerprint density at radius 2 is 2.32 bits per heavy atom. The van der Waals surface area contributed by atoms with Gasteiger partial charge >= 0.3 is 0 Å². The molecule has 0 unspecified atom stereocenters. The molecule has 6 heteroatoms. The number of pyridine rings is 1. The quantitative estimate of drug-likeness (QED) is 0.930. The van der Waals surface area contributed by atoms with E-state index in [1.807, 2.05) is 24.6 Å². The molecule has 0 radical (unpaired) electrons. The Morgan fingerprint density at radius 3 is 2.84 bits per heavy atom. The first kappa shape index (κ1) is 14.0. The summed E-state index contributed by atoms with van der Waals surface area (Å²) in [6.07, 6.45) is 1.66. The van der Waals surface area contributed by atoms with Crippen LogP contribution in [0.25, 0.3) is 0 Å². The summed E-state index contributed by atoms with van der Waals surface area (Å²) in [5.74, 6) is -0.0787. The molecule has 0 aromatic carbocycles. The number of anilines is 1. The number of aromatic nitrogens is 1. The lowest BCUT2D eigenvalue weighted by molar-refractivity contribution is 0.0779. The summed E-state index contributed by atoms with van der Waals surface area (Å²) in [5.41, 5.74) is 2.45. The largest absolute Gasteiger partial charge is 0.387 e. The third-order valence-electron chi connectivity index (χ3n) is 2.66. The number of nitrogens with zero attached hydrogens (tertiary/aromatic N) is 2. The standard InChI is InChI=1S/C13H14BrN3OS/c1-15-10-3-4-11(16-6-10)13(18)17(2)7-9-5-12(14)19-8-9/h3-6,8,15H,7H2,1-2H3. The molecule has 2 aromatic heterocycles. The SMILES string of the molecule is CNc1ccc(C(=O)N(C)Cc2csc(Br)c2)nc1. The molecular weight excluding hydrogens is 326 g/mol. The van der Waals surface area contributed by atoms with Gasteiger partial charge in [0.1, 0.15) is 5.69 Å². The number of halogens is 1. The van der Waals surface area contributed by atoms with E-state index in [9.17, 15) is 4.79 Å². The highest BCUT2D eigenvalue weighted by molar-refractivity contribution is 9.11. The summed E-state index contributed by atoms with van der Waals surface area (Å²) >= 11 is 5.03. The molecule has 0 aliphatic rings. The Bertz CT molecular complexity index is 568. The molecule has 100 valence electrons. The van der Waals surface area contributed by atoms with Gasteiger partial charge in [0.2, 0.25) is 0 Å². The van der Waals surface area contributed by atoms with Crippen molar-refractivity contribution in [2.24, 2.45) is 0 Å². The molecule has 0 saturated heterocycles. The van der Waals surface area contributed by atoms with Gasteiger partial charge in [0.15, 0.2) is 0 Å². The Balaban J connectivity index is 2.05. The first-order valence-electron chi connectivity index (χ1n) is 5.72. The van der Waals surface area contributed by atoms with E-state index >= 15 is 0 Å². The minimum absolute atomic E-state index is 0.0787. The van der Waals surface area contributed by atoms with Crippen molar-refractivity contribution >= 4 is 38.9 Å². The number of carbonyl (C=O) groups is 1. The van der Waals surface area contributed by atoms with Gasteiger partial charge in [-0.05, 0) is 45.1 Å². The Morgan fingerprint density at radius 1 is 1.53 bits per heavy atom. The predicted molar refractivity (Wildman–Crippen MR) is 81.6 cm³/mol. The van der Waals surface area contributed by atoms with Crippen molar-refractivity contribution in [1.82, 2.24) is 9.88 Å². The van der Waals surface area contributed by atoms with E-state index in [1.54, 1.807) is 35.5 Å². The van der Waals surface area contributed by atoms with Crippen LogP contribution in [0.4, 0.5) is 5.69 Å². The number of hydrogen-bond donors (Lipinski definition) is 1. The molecule has 0 bridgehead atoms. The van der Waals surface area contributed by atoms with Crippen molar-refractivity contribution in [1.29, 1.82) is 0 Å². The fourth-order valence-corrected chi connectivity index (χ4v) is 2.84. The lowest BCUT2D eigenvalue weighted by Gasteiger charge is -2.16. The second-order valence-corrected chi connectivity index (χ2v) is 6.39. The van der Waals surface area contributed by atoms with Crippen LogP contribution in [0.2, 0.25) is 0 Å². The molecule has 1 amide bonds. The van der Waals surface area contributed by atoms with E-state index in [1.165, 1.54) is 0 Å². The molecule has 4 nitrogen and oxygen atoms in total. The van der Waals surface area contributed by atoms with Crippen LogP contribution >= 0.6 is 27.3 Å². The normalized spacial score (nSPS) is 10.3. The van der Waals surface area contributed by atoms with E-state index in [0.717, 1.165) is 15.0 Å². The van der Waals surface area contributed by atoms with Crippen molar-refractivity contribution in [3.63, 3.8) is 0 Å². The second kappa shape index (κ2) is 6.16. The summed E-state index contributed by atoms with van der Waals surface area (Å²) in [4.78, 5) is 18.0. The zero-order valence-corrected chi connectivity index (χ0v) is 13.1. The van der Waals surface area contributed by atoms with Crippen molar-refractivity contribution in [3.05, 3.63) is 44.8 Å². The molecule has 0 spiro atoms. The van der Waals surface area contributed by atoms with Crippen LogP contribution in [0, 0.1) is 0 Å². The van der Waals surface area contributed by atoms with Crippen LogP contribution in [-0.2, 0) is 6.54 Å². The first-order valence-corrected chi connectivity index (χ1v) is 7.39. The number of hydrogen-bond acceptors (Lipinski definition) is 4. The lowest BCUT2D eigenvalue weighted by Crippen LogP contribution is -2.26. The minimum Gasteiger partial charge on any atom is -0.387 e. The lowest BCUT2D eigenvalue weighted by atomic mass is 10.2. The fourth-order valence-electron chi connectivity index (χ4n) is 1.64. The zero-order chi connectivity index (χ0) is 13.8. The number of rotatable bonds is 4. The Kier molecular flexibility index (Phi) is 4.55. The highest BCUT2D eigenvalue weighted by atomic mass is 79.9. The van der Waals surface area contributed by atoms with Crippen LogP contribution in [0.15, 0.2) is 33.6 Å². The van der Waals surface area contributed by atoms with Gasteiger partial charge in [0.25, 0.3) is 5.91 Å². The summed E-state index contributed by atoms with van der Waals surface area (Å²) in [6, 6.07) is 5.59. The van der Waals surface area contributed by atoms with Gasteiger partial charge < -0.3 is 10.2 Å².